The molecule has 1 N–H and O–H groups in total. The smallest absolute Gasteiger partial charge is 0.300 e. The first kappa shape index (κ1) is 10.7. The van der Waals surface area contributed by atoms with Gasteiger partial charge >= 0.3 is 10.1 Å². The van der Waals surface area contributed by atoms with E-state index in [0.29, 0.717) is 6.29 Å². The van der Waals surface area contributed by atoms with Crippen LogP contribution in [0.25, 0.3) is 0 Å². The number of rotatable bonds is 4. The predicted molar refractivity (Wildman–Crippen MR) is 48.9 cm³/mol. The van der Waals surface area contributed by atoms with Crippen molar-refractivity contribution >= 4 is 16.4 Å². The first-order chi connectivity index (χ1) is 6.53. The molecule has 1 aromatic carbocycles. The summed E-state index contributed by atoms with van der Waals surface area (Å²) in [6.07, 6.45) is 0.541. The zero-order valence-electron chi connectivity index (χ0n) is 7.08. The molecule has 0 radical (unpaired) electrons. The summed E-state index contributed by atoms with van der Waals surface area (Å²) in [7, 11) is -4.19. The number of carbonyl (C=O) groups excluding carboxylic acids is 1. The van der Waals surface area contributed by atoms with Crippen LogP contribution in [0.5, 0.6) is 5.75 Å². The van der Waals surface area contributed by atoms with Crippen molar-refractivity contribution in [2.45, 2.75) is 0 Å². The highest BCUT2D eigenvalue weighted by Gasteiger charge is 2.07. The Morgan fingerprint density at radius 1 is 1.36 bits per heavy atom. The number of hydrogen-bond donors (Lipinski definition) is 1. The summed E-state index contributed by atoms with van der Waals surface area (Å²) in [6.45, 7) is 0. The molecule has 1 rings (SSSR count). The van der Waals surface area contributed by atoms with E-state index in [-0.39, 0.29) is 11.3 Å². The molecule has 0 amide bonds. The third kappa shape index (κ3) is 3.15. The van der Waals surface area contributed by atoms with Gasteiger partial charge in [0.25, 0.3) is 0 Å². The predicted octanol–water partition coefficient (Wildman–Crippen LogP) is 0.723. The molecular weight excluding hydrogens is 208 g/mol. The maximum absolute atomic E-state index is 10.5. The summed E-state index contributed by atoms with van der Waals surface area (Å²) in [5, 5.41) is 0. The van der Waals surface area contributed by atoms with Crippen molar-refractivity contribution in [1.82, 2.24) is 0 Å². The first-order valence-electron chi connectivity index (χ1n) is 3.65. The van der Waals surface area contributed by atoms with Gasteiger partial charge in [0.2, 0.25) is 5.94 Å². The first-order valence-corrected chi connectivity index (χ1v) is 5.26. The van der Waals surface area contributed by atoms with E-state index in [0.717, 1.165) is 0 Å². The lowest BCUT2D eigenvalue weighted by Gasteiger charge is -2.05. The van der Waals surface area contributed by atoms with Gasteiger partial charge in [-0.2, -0.15) is 8.42 Å². The lowest BCUT2D eigenvalue weighted by molar-refractivity contribution is 0.112. The average Bonchev–Trinajstić information content (AvgIpc) is 2.14. The van der Waals surface area contributed by atoms with Crippen molar-refractivity contribution < 1.29 is 22.5 Å². The molecule has 0 heterocycles. The highest BCUT2D eigenvalue weighted by Crippen LogP contribution is 2.15. The van der Waals surface area contributed by atoms with Gasteiger partial charge in [-0.25, -0.2) is 0 Å². The molecule has 0 saturated heterocycles. The van der Waals surface area contributed by atoms with Crippen molar-refractivity contribution in [2.24, 2.45) is 0 Å². The van der Waals surface area contributed by atoms with Crippen LogP contribution in [0.4, 0.5) is 0 Å². The van der Waals surface area contributed by atoms with Crippen LogP contribution in [-0.4, -0.2) is 25.2 Å². The molecule has 14 heavy (non-hydrogen) atoms. The van der Waals surface area contributed by atoms with Crippen molar-refractivity contribution in [3.8, 4) is 5.75 Å². The van der Waals surface area contributed by atoms with E-state index in [1.807, 2.05) is 0 Å². The molecule has 0 unspecified atom stereocenters. The van der Waals surface area contributed by atoms with E-state index in [4.69, 9.17) is 9.29 Å². The monoisotopic (exact) mass is 216 g/mol. The van der Waals surface area contributed by atoms with Crippen LogP contribution in [0.1, 0.15) is 10.4 Å². The standard InChI is InChI=1S/C8H8O5S/c9-5-7-3-1-2-4-8(7)13-6-14(10,11)12/h1-5H,6H2,(H,10,11,12). The van der Waals surface area contributed by atoms with Gasteiger partial charge in [-0.05, 0) is 12.1 Å². The van der Waals surface area contributed by atoms with Crippen molar-refractivity contribution in [3.05, 3.63) is 29.8 Å². The summed E-state index contributed by atoms with van der Waals surface area (Å²) >= 11 is 0. The number of ether oxygens (including phenoxy) is 1. The Balaban J connectivity index is 2.81. The van der Waals surface area contributed by atoms with E-state index in [2.05, 4.69) is 0 Å². The van der Waals surface area contributed by atoms with Gasteiger partial charge in [0.15, 0.2) is 6.29 Å². The molecule has 0 saturated carbocycles. The zero-order valence-corrected chi connectivity index (χ0v) is 7.90. The quantitative estimate of drug-likeness (QED) is 0.592. The van der Waals surface area contributed by atoms with Gasteiger partial charge in [-0.1, -0.05) is 12.1 Å². The number of aldehydes is 1. The molecule has 0 aliphatic heterocycles. The van der Waals surface area contributed by atoms with Crippen LogP contribution in [0.2, 0.25) is 0 Å². The Morgan fingerprint density at radius 2 is 2.00 bits per heavy atom. The normalized spacial score (nSPS) is 10.9. The largest absolute Gasteiger partial charge is 0.474 e. The fourth-order valence-corrected chi connectivity index (χ4v) is 1.12. The summed E-state index contributed by atoms with van der Waals surface area (Å²) < 4.78 is 33.8. The summed E-state index contributed by atoms with van der Waals surface area (Å²) in [5.41, 5.74) is 0.233. The average molecular weight is 216 g/mol. The maximum atomic E-state index is 10.5. The SMILES string of the molecule is O=Cc1ccccc1OCS(=O)(=O)O. The van der Waals surface area contributed by atoms with Gasteiger partial charge in [0.1, 0.15) is 5.75 Å². The van der Waals surface area contributed by atoms with E-state index < -0.39 is 16.1 Å². The molecule has 0 atom stereocenters. The fraction of sp³-hybridized carbons (Fsp3) is 0.125. The Kier molecular flexibility index (Phi) is 3.21. The lowest BCUT2D eigenvalue weighted by Crippen LogP contribution is -2.11. The van der Waals surface area contributed by atoms with Crippen LogP contribution in [0.3, 0.4) is 0 Å². The minimum atomic E-state index is -4.19. The molecule has 0 spiro atoms. The van der Waals surface area contributed by atoms with Gasteiger partial charge in [-0.3, -0.25) is 9.35 Å². The minimum absolute atomic E-state index is 0.125. The Hall–Kier alpha value is -1.40. The Labute approximate surface area is 81.1 Å². The number of benzene rings is 1. The van der Waals surface area contributed by atoms with E-state index in [9.17, 15) is 13.2 Å². The van der Waals surface area contributed by atoms with Crippen LogP contribution in [-0.2, 0) is 10.1 Å². The minimum Gasteiger partial charge on any atom is -0.474 e. The molecule has 6 heteroatoms. The zero-order chi connectivity index (χ0) is 10.6. The van der Waals surface area contributed by atoms with Crippen molar-refractivity contribution in [1.29, 1.82) is 0 Å². The van der Waals surface area contributed by atoms with E-state index >= 15 is 0 Å². The molecule has 0 aromatic heterocycles. The van der Waals surface area contributed by atoms with Crippen molar-refractivity contribution in [3.63, 3.8) is 0 Å². The molecule has 0 aliphatic carbocycles. The van der Waals surface area contributed by atoms with Crippen LogP contribution >= 0.6 is 0 Å². The topological polar surface area (TPSA) is 80.7 Å². The van der Waals surface area contributed by atoms with Crippen LogP contribution in [0, 0.1) is 0 Å². The second-order valence-corrected chi connectivity index (χ2v) is 3.90. The van der Waals surface area contributed by atoms with E-state index in [1.54, 1.807) is 12.1 Å². The third-order valence-electron chi connectivity index (χ3n) is 1.41. The maximum Gasteiger partial charge on any atom is 0.300 e. The molecule has 76 valence electrons. The summed E-state index contributed by atoms with van der Waals surface area (Å²) in [5.74, 6) is -0.738. The summed E-state index contributed by atoms with van der Waals surface area (Å²) in [4.78, 5) is 10.5. The molecule has 1 aromatic rings. The Morgan fingerprint density at radius 3 is 2.57 bits per heavy atom. The van der Waals surface area contributed by atoms with Gasteiger partial charge in [0.05, 0.1) is 5.56 Å². The second kappa shape index (κ2) is 4.21. The number of carbonyl (C=O) groups is 1. The fourth-order valence-electron chi connectivity index (χ4n) is 0.847. The van der Waals surface area contributed by atoms with Crippen LogP contribution in [0.15, 0.2) is 24.3 Å². The summed E-state index contributed by atoms with van der Waals surface area (Å²) in [6, 6.07) is 6.12. The number of para-hydroxylation sites is 1. The third-order valence-corrected chi connectivity index (χ3v) is 1.83. The number of hydrogen-bond acceptors (Lipinski definition) is 4. The highest BCUT2D eigenvalue weighted by molar-refractivity contribution is 7.85. The molecule has 5 nitrogen and oxygen atoms in total. The van der Waals surface area contributed by atoms with Gasteiger partial charge in [0, 0.05) is 0 Å². The van der Waals surface area contributed by atoms with Gasteiger partial charge < -0.3 is 4.74 Å². The lowest BCUT2D eigenvalue weighted by atomic mass is 10.2. The molecule has 0 fully saturated rings. The molecular formula is C8H8O5S. The van der Waals surface area contributed by atoms with Crippen molar-refractivity contribution in [2.75, 3.05) is 5.94 Å². The van der Waals surface area contributed by atoms with E-state index in [1.165, 1.54) is 12.1 Å². The van der Waals surface area contributed by atoms with Crippen LogP contribution < -0.4 is 4.74 Å². The second-order valence-electron chi connectivity index (χ2n) is 2.50. The van der Waals surface area contributed by atoms with Gasteiger partial charge in [-0.15, -0.1) is 0 Å². The molecule has 0 bridgehead atoms. The molecule has 0 aliphatic rings. The Bertz CT molecular complexity index is 423. The highest BCUT2D eigenvalue weighted by atomic mass is 32.2.